The van der Waals surface area contributed by atoms with E-state index in [-0.39, 0.29) is 35.0 Å². The Bertz CT molecular complexity index is 850. The van der Waals surface area contributed by atoms with E-state index in [1.54, 1.807) is 11.3 Å². The first kappa shape index (κ1) is 18.5. The van der Waals surface area contributed by atoms with E-state index < -0.39 is 0 Å². The minimum Gasteiger partial charge on any atom is -0.358 e. The van der Waals surface area contributed by atoms with E-state index in [0.29, 0.717) is 0 Å². The van der Waals surface area contributed by atoms with Crippen molar-refractivity contribution < 1.29 is 20.1 Å². The van der Waals surface area contributed by atoms with Crippen LogP contribution in [0, 0.1) is 20.9 Å². The zero-order valence-electron chi connectivity index (χ0n) is 12.5. The molecule has 1 aromatic heterocycles. The SMILES string of the molecule is [CH3-].[CH3-].[Ir+3].[c-]1cc2ccccc2cc1-c1nc2ccccc2s1. The molecular formula is C19H16IrNS. The first-order valence-corrected chi connectivity index (χ1v) is 6.98. The van der Waals surface area contributed by atoms with Gasteiger partial charge < -0.3 is 14.9 Å². The van der Waals surface area contributed by atoms with E-state index >= 15 is 0 Å². The Kier molecular flexibility index (Phi) is 6.43. The van der Waals surface area contributed by atoms with Crippen LogP contribution in [0.4, 0.5) is 0 Å². The minimum atomic E-state index is 0. The molecule has 1 nitrogen and oxygen atoms in total. The van der Waals surface area contributed by atoms with Gasteiger partial charge in [0.1, 0.15) is 0 Å². The topological polar surface area (TPSA) is 12.9 Å². The Morgan fingerprint density at radius 3 is 2.32 bits per heavy atom. The molecule has 0 aliphatic heterocycles. The second kappa shape index (κ2) is 7.64. The van der Waals surface area contributed by atoms with Crippen LogP contribution in [0.5, 0.6) is 0 Å². The molecule has 0 radical (unpaired) electrons. The van der Waals surface area contributed by atoms with Gasteiger partial charge in [0.15, 0.2) is 0 Å². The quantitative estimate of drug-likeness (QED) is 0.312. The van der Waals surface area contributed by atoms with Crippen LogP contribution in [0.25, 0.3) is 31.6 Å². The molecule has 112 valence electrons. The average molecular weight is 483 g/mol. The Labute approximate surface area is 149 Å². The Balaban J connectivity index is 0.000000807. The smallest absolute Gasteiger partial charge is 0.358 e. The van der Waals surface area contributed by atoms with Crippen molar-refractivity contribution >= 4 is 32.3 Å². The van der Waals surface area contributed by atoms with Crippen LogP contribution in [0.2, 0.25) is 0 Å². The monoisotopic (exact) mass is 483 g/mol. The van der Waals surface area contributed by atoms with Gasteiger partial charge in [0, 0.05) is 9.71 Å². The van der Waals surface area contributed by atoms with Crippen molar-refractivity contribution in [3.05, 3.63) is 81.6 Å². The molecule has 0 aliphatic rings. The van der Waals surface area contributed by atoms with Gasteiger partial charge in [0.05, 0.1) is 5.52 Å². The number of fused-ring (bicyclic) bond motifs is 2. The Morgan fingerprint density at radius 2 is 1.55 bits per heavy atom. The molecule has 4 aromatic rings. The maximum Gasteiger partial charge on any atom is 3.00 e. The predicted octanol–water partition coefficient (Wildman–Crippen LogP) is 5.81. The number of hydrogen-bond donors (Lipinski definition) is 0. The van der Waals surface area contributed by atoms with E-state index in [1.165, 1.54) is 15.5 Å². The van der Waals surface area contributed by atoms with Crippen molar-refractivity contribution in [1.29, 1.82) is 0 Å². The van der Waals surface area contributed by atoms with Crippen LogP contribution in [0.3, 0.4) is 0 Å². The molecule has 1 heterocycles. The Hall–Kier alpha value is -1.54. The summed E-state index contributed by atoms with van der Waals surface area (Å²) in [5, 5.41) is 3.48. The standard InChI is InChI=1S/C17H10NS.2CH3.Ir/c1-2-6-13-11-14(10-9-12(13)5-1)17-18-15-7-3-4-8-16(15)19-17;;;/h1-9,11H;2*1H3;/q3*-1;+3. The zero-order valence-corrected chi connectivity index (χ0v) is 15.7. The number of para-hydroxylation sites is 1. The van der Waals surface area contributed by atoms with Gasteiger partial charge in [0.25, 0.3) is 0 Å². The minimum absolute atomic E-state index is 0. The summed E-state index contributed by atoms with van der Waals surface area (Å²) in [6.45, 7) is 0. The molecule has 0 unspecified atom stereocenters. The first-order chi connectivity index (χ1) is 9.40. The fraction of sp³-hybridized carbons (Fsp3) is 0. The third kappa shape index (κ3) is 3.27. The number of thiazole rings is 1. The third-order valence-electron chi connectivity index (χ3n) is 3.20. The summed E-state index contributed by atoms with van der Waals surface area (Å²) in [6, 6.07) is 24.1. The molecule has 0 N–H and O–H groups in total. The van der Waals surface area contributed by atoms with Crippen molar-refractivity contribution in [3.8, 4) is 10.6 Å². The molecule has 0 fully saturated rings. The summed E-state index contributed by atoms with van der Waals surface area (Å²) >= 11 is 1.72. The van der Waals surface area contributed by atoms with Gasteiger partial charge in [-0.15, -0.1) is 29.1 Å². The molecule has 0 saturated heterocycles. The average Bonchev–Trinajstić information content (AvgIpc) is 2.90. The maximum atomic E-state index is 4.68. The summed E-state index contributed by atoms with van der Waals surface area (Å²) in [5.74, 6) is 0. The van der Waals surface area contributed by atoms with Crippen molar-refractivity contribution in [2.75, 3.05) is 0 Å². The Morgan fingerprint density at radius 1 is 0.864 bits per heavy atom. The molecule has 0 spiro atoms. The van der Waals surface area contributed by atoms with Gasteiger partial charge in [-0.3, -0.25) is 4.98 Å². The molecule has 22 heavy (non-hydrogen) atoms. The van der Waals surface area contributed by atoms with E-state index in [1.807, 2.05) is 24.3 Å². The fourth-order valence-electron chi connectivity index (χ4n) is 2.24. The van der Waals surface area contributed by atoms with Crippen LogP contribution >= 0.6 is 11.3 Å². The van der Waals surface area contributed by atoms with Crippen molar-refractivity contribution in [1.82, 2.24) is 4.98 Å². The van der Waals surface area contributed by atoms with Gasteiger partial charge >= 0.3 is 20.1 Å². The van der Waals surface area contributed by atoms with E-state index in [4.69, 9.17) is 0 Å². The van der Waals surface area contributed by atoms with Gasteiger partial charge in [-0.2, -0.15) is 11.3 Å². The van der Waals surface area contributed by atoms with Gasteiger partial charge in [-0.1, -0.05) is 41.8 Å². The molecule has 3 heteroatoms. The summed E-state index contributed by atoms with van der Waals surface area (Å²) in [6.07, 6.45) is 0. The largest absolute Gasteiger partial charge is 3.00 e. The molecule has 3 aromatic carbocycles. The van der Waals surface area contributed by atoms with Crippen LogP contribution in [-0.4, -0.2) is 4.98 Å². The predicted molar refractivity (Wildman–Crippen MR) is 94.2 cm³/mol. The van der Waals surface area contributed by atoms with Crippen LogP contribution < -0.4 is 0 Å². The maximum absolute atomic E-state index is 4.68. The number of rotatable bonds is 1. The number of hydrogen-bond acceptors (Lipinski definition) is 2. The normalized spacial score (nSPS) is 9.64. The first-order valence-electron chi connectivity index (χ1n) is 6.16. The van der Waals surface area contributed by atoms with Crippen LogP contribution in [-0.2, 0) is 20.1 Å². The molecule has 0 amide bonds. The molecule has 0 bridgehead atoms. The third-order valence-corrected chi connectivity index (χ3v) is 4.27. The van der Waals surface area contributed by atoms with Gasteiger partial charge in [0.2, 0.25) is 0 Å². The van der Waals surface area contributed by atoms with Crippen molar-refractivity contribution in [2.24, 2.45) is 0 Å². The summed E-state index contributed by atoms with van der Waals surface area (Å²) in [4.78, 5) is 4.68. The number of benzene rings is 3. The molecule has 0 atom stereocenters. The molecular weight excluding hydrogens is 467 g/mol. The van der Waals surface area contributed by atoms with E-state index in [2.05, 4.69) is 47.4 Å². The van der Waals surface area contributed by atoms with Gasteiger partial charge in [-0.25, -0.2) is 0 Å². The van der Waals surface area contributed by atoms with Crippen LogP contribution in [0.1, 0.15) is 0 Å². The second-order valence-corrected chi connectivity index (χ2v) is 5.49. The molecule has 0 saturated carbocycles. The molecule has 4 rings (SSSR count). The number of nitrogens with zero attached hydrogens (tertiary/aromatic N) is 1. The summed E-state index contributed by atoms with van der Waals surface area (Å²) < 4.78 is 1.22. The molecule has 0 aliphatic carbocycles. The van der Waals surface area contributed by atoms with Crippen LogP contribution in [0.15, 0.2) is 60.7 Å². The van der Waals surface area contributed by atoms with E-state index in [0.717, 1.165) is 16.1 Å². The second-order valence-electron chi connectivity index (χ2n) is 4.46. The zero-order chi connectivity index (χ0) is 12.7. The number of aromatic nitrogens is 1. The van der Waals surface area contributed by atoms with Crippen molar-refractivity contribution in [2.45, 2.75) is 0 Å². The van der Waals surface area contributed by atoms with E-state index in [9.17, 15) is 0 Å². The van der Waals surface area contributed by atoms with Crippen molar-refractivity contribution in [3.63, 3.8) is 0 Å². The summed E-state index contributed by atoms with van der Waals surface area (Å²) in [5.41, 5.74) is 2.13. The summed E-state index contributed by atoms with van der Waals surface area (Å²) in [7, 11) is 0. The fourth-order valence-corrected chi connectivity index (χ4v) is 3.18. The van der Waals surface area contributed by atoms with Gasteiger partial charge in [-0.05, 0) is 12.1 Å².